The van der Waals surface area contributed by atoms with Crippen molar-refractivity contribution >= 4 is 17.3 Å². The Morgan fingerprint density at radius 3 is 2.85 bits per heavy atom. The van der Waals surface area contributed by atoms with E-state index in [1.165, 1.54) is 0 Å². The second-order valence-electron chi connectivity index (χ2n) is 6.08. The molecule has 0 aliphatic rings. The molecule has 8 heteroatoms. The number of hydrogen-bond donors (Lipinski definition) is 2. The van der Waals surface area contributed by atoms with E-state index in [9.17, 15) is 5.11 Å². The molecule has 0 radical (unpaired) electrons. The van der Waals surface area contributed by atoms with Crippen LogP contribution in [0.15, 0.2) is 28.6 Å². The zero-order chi connectivity index (χ0) is 19.8. The van der Waals surface area contributed by atoms with Gasteiger partial charge in [-0.3, -0.25) is 0 Å². The van der Waals surface area contributed by atoms with Crippen molar-refractivity contribution in [1.29, 1.82) is 0 Å². The molecule has 7 nitrogen and oxygen atoms in total. The lowest BCUT2D eigenvalue weighted by atomic mass is 10.2. The molecule has 1 unspecified atom stereocenters. The standard InChI is InChI=1S/C19H28N4O3S/c1-6-20-19(21-10-14-9-16(26-5)7-8-17(14)24)23(3)11-15-12-27-18(22-15)13(2)25-4/h7-9,12-13,24H,6,10-11H2,1-5H3,(H,20,21). The summed E-state index contributed by atoms with van der Waals surface area (Å²) in [5.74, 6) is 1.64. The van der Waals surface area contributed by atoms with Crippen LogP contribution in [0.1, 0.15) is 36.2 Å². The smallest absolute Gasteiger partial charge is 0.194 e. The van der Waals surface area contributed by atoms with Crippen molar-refractivity contribution in [1.82, 2.24) is 15.2 Å². The molecule has 0 bridgehead atoms. The van der Waals surface area contributed by atoms with Crippen LogP contribution in [0.25, 0.3) is 0 Å². The summed E-state index contributed by atoms with van der Waals surface area (Å²) in [6.45, 7) is 5.73. The molecule has 1 aromatic carbocycles. The second kappa shape index (κ2) is 10.1. The van der Waals surface area contributed by atoms with Gasteiger partial charge in [-0.1, -0.05) is 0 Å². The van der Waals surface area contributed by atoms with Crippen LogP contribution in [-0.2, 0) is 17.8 Å². The van der Waals surface area contributed by atoms with Crippen molar-refractivity contribution in [3.05, 3.63) is 39.8 Å². The molecule has 1 aromatic heterocycles. The Morgan fingerprint density at radius 2 is 2.19 bits per heavy atom. The first-order valence-electron chi connectivity index (χ1n) is 8.80. The first-order valence-corrected chi connectivity index (χ1v) is 9.68. The molecule has 1 atom stereocenters. The predicted octanol–water partition coefficient (Wildman–Crippen LogP) is 3.16. The highest BCUT2D eigenvalue weighted by molar-refractivity contribution is 7.09. The molecule has 27 heavy (non-hydrogen) atoms. The fourth-order valence-electron chi connectivity index (χ4n) is 2.45. The molecule has 148 valence electrons. The highest BCUT2D eigenvalue weighted by Gasteiger charge is 2.13. The third-order valence-corrected chi connectivity index (χ3v) is 5.11. The average molecular weight is 393 g/mol. The lowest BCUT2D eigenvalue weighted by Gasteiger charge is -2.21. The number of phenolic OH excluding ortho intramolecular Hbond substituents is 1. The van der Waals surface area contributed by atoms with E-state index in [1.807, 2.05) is 31.2 Å². The van der Waals surface area contributed by atoms with Gasteiger partial charge in [0.2, 0.25) is 0 Å². The number of nitrogens with one attached hydrogen (secondary N) is 1. The highest BCUT2D eigenvalue weighted by Crippen LogP contribution is 2.24. The Morgan fingerprint density at radius 1 is 1.41 bits per heavy atom. The van der Waals surface area contributed by atoms with Crippen molar-refractivity contribution < 1.29 is 14.6 Å². The molecule has 2 rings (SSSR count). The summed E-state index contributed by atoms with van der Waals surface area (Å²) in [4.78, 5) is 11.3. The number of aromatic hydroxyl groups is 1. The minimum absolute atomic E-state index is 0.00741. The van der Waals surface area contributed by atoms with Gasteiger partial charge in [0.1, 0.15) is 22.6 Å². The Labute approximate surface area is 164 Å². The van der Waals surface area contributed by atoms with Crippen molar-refractivity contribution in [3.8, 4) is 11.5 Å². The molecule has 0 fully saturated rings. The number of guanidine groups is 1. The number of hydrogen-bond acceptors (Lipinski definition) is 6. The highest BCUT2D eigenvalue weighted by atomic mass is 32.1. The Bertz CT molecular complexity index is 763. The molecule has 0 spiro atoms. The van der Waals surface area contributed by atoms with E-state index < -0.39 is 0 Å². The summed E-state index contributed by atoms with van der Waals surface area (Å²) in [6, 6.07) is 5.13. The maximum atomic E-state index is 10.0. The van der Waals surface area contributed by atoms with Gasteiger partial charge in [-0.05, 0) is 32.0 Å². The quantitative estimate of drug-likeness (QED) is 0.531. The van der Waals surface area contributed by atoms with Crippen LogP contribution in [0.3, 0.4) is 0 Å². The number of aliphatic imine (C=N–C) groups is 1. The number of thiazole rings is 1. The molecule has 0 amide bonds. The maximum Gasteiger partial charge on any atom is 0.194 e. The van der Waals surface area contributed by atoms with E-state index in [2.05, 4.69) is 15.3 Å². The predicted molar refractivity (Wildman–Crippen MR) is 108 cm³/mol. The van der Waals surface area contributed by atoms with Crippen molar-refractivity contribution in [2.24, 2.45) is 4.99 Å². The summed E-state index contributed by atoms with van der Waals surface area (Å²) in [5.41, 5.74) is 1.68. The largest absolute Gasteiger partial charge is 0.508 e. The van der Waals surface area contributed by atoms with Gasteiger partial charge in [0.25, 0.3) is 0 Å². The van der Waals surface area contributed by atoms with Gasteiger partial charge in [-0.2, -0.15) is 0 Å². The summed E-state index contributed by atoms with van der Waals surface area (Å²) in [7, 11) is 5.25. The van der Waals surface area contributed by atoms with Gasteiger partial charge in [0.15, 0.2) is 5.96 Å². The third kappa shape index (κ3) is 5.83. The van der Waals surface area contributed by atoms with Crippen LogP contribution >= 0.6 is 11.3 Å². The molecule has 2 N–H and O–H groups in total. The molecule has 2 aromatic rings. The van der Waals surface area contributed by atoms with Crippen LogP contribution < -0.4 is 10.1 Å². The monoisotopic (exact) mass is 392 g/mol. The van der Waals surface area contributed by atoms with Gasteiger partial charge in [-0.25, -0.2) is 9.98 Å². The number of methoxy groups -OCH3 is 2. The topological polar surface area (TPSA) is 79.2 Å². The van der Waals surface area contributed by atoms with Gasteiger partial charge in [-0.15, -0.1) is 11.3 Å². The van der Waals surface area contributed by atoms with Gasteiger partial charge < -0.3 is 24.8 Å². The number of ether oxygens (including phenoxy) is 2. The fraction of sp³-hybridized carbons (Fsp3) is 0.474. The zero-order valence-electron chi connectivity index (χ0n) is 16.5. The van der Waals surface area contributed by atoms with Crippen LogP contribution in [0.4, 0.5) is 0 Å². The van der Waals surface area contributed by atoms with E-state index in [0.29, 0.717) is 24.4 Å². The number of nitrogens with zero attached hydrogens (tertiary/aromatic N) is 3. The van der Waals surface area contributed by atoms with Crippen molar-refractivity contribution in [2.75, 3.05) is 27.8 Å². The number of aromatic nitrogens is 1. The molecule has 0 aliphatic carbocycles. The second-order valence-corrected chi connectivity index (χ2v) is 6.97. The molecule has 0 saturated heterocycles. The fourth-order valence-corrected chi connectivity index (χ4v) is 3.29. The van der Waals surface area contributed by atoms with Gasteiger partial charge in [0.05, 0.1) is 25.9 Å². The number of benzene rings is 1. The minimum Gasteiger partial charge on any atom is -0.508 e. The maximum absolute atomic E-state index is 10.0. The van der Waals surface area contributed by atoms with E-state index in [-0.39, 0.29) is 11.9 Å². The Balaban J connectivity index is 2.11. The SMILES string of the molecule is CCNC(=NCc1cc(OC)ccc1O)N(C)Cc1csc(C(C)OC)n1. The molecule has 0 aliphatic heterocycles. The zero-order valence-corrected chi connectivity index (χ0v) is 17.3. The lowest BCUT2D eigenvalue weighted by Crippen LogP contribution is -2.38. The van der Waals surface area contributed by atoms with Crippen LogP contribution in [0.2, 0.25) is 0 Å². The Kier molecular flexibility index (Phi) is 7.87. The van der Waals surface area contributed by atoms with Crippen LogP contribution in [0, 0.1) is 0 Å². The molecular weight excluding hydrogens is 364 g/mol. The summed E-state index contributed by atoms with van der Waals surface area (Å²) >= 11 is 1.60. The van der Waals surface area contributed by atoms with E-state index in [1.54, 1.807) is 43.8 Å². The first-order chi connectivity index (χ1) is 13.0. The average Bonchev–Trinajstić information content (AvgIpc) is 3.14. The summed E-state index contributed by atoms with van der Waals surface area (Å²) in [6.07, 6.45) is -0.00741. The van der Waals surface area contributed by atoms with Gasteiger partial charge >= 0.3 is 0 Å². The lowest BCUT2D eigenvalue weighted by molar-refractivity contribution is 0.119. The van der Waals surface area contributed by atoms with Crippen molar-refractivity contribution in [2.45, 2.75) is 33.0 Å². The minimum atomic E-state index is -0.00741. The van der Waals surface area contributed by atoms with E-state index >= 15 is 0 Å². The molecule has 1 heterocycles. The molecular formula is C19H28N4O3S. The number of phenols is 1. The van der Waals surface area contributed by atoms with E-state index in [0.717, 1.165) is 23.2 Å². The van der Waals surface area contributed by atoms with Crippen LogP contribution in [0.5, 0.6) is 11.5 Å². The van der Waals surface area contributed by atoms with Crippen LogP contribution in [-0.4, -0.2) is 48.8 Å². The van der Waals surface area contributed by atoms with Crippen molar-refractivity contribution in [3.63, 3.8) is 0 Å². The first kappa shape index (κ1) is 21.0. The normalized spacial score (nSPS) is 12.7. The summed E-state index contributed by atoms with van der Waals surface area (Å²) < 4.78 is 10.5. The Hall–Kier alpha value is -2.32. The van der Waals surface area contributed by atoms with E-state index in [4.69, 9.17) is 9.47 Å². The summed E-state index contributed by atoms with van der Waals surface area (Å²) in [5, 5.41) is 16.3. The third-order valence-electron chi connectivity index (χ3n) is 4.05. The van der Waals surface area contributed by atoms with Gasteiger partial charge in [0, 0.05) is 31.6 Å². The number of rotatable bonds is 8. The molecule has 0 saturated carbocycles.